The van der Waals surface area contributed by atoms with Gasteiger partial charge in [-0.15, -0.1) is 0 Å². The van der Waals surface area contributed by atoms with Crippen LogP contribution in [0, 0.1) is 17.2 Å². The van der Waals surface area contributed by atoms with E-state index in [-0.39, 0.29) is 33.9 Å². The lowest BCUT2D eigenvalue weighted by Crippen LogP contribution is -2.44. The summed E-state index contributed by atoms with van der Waals surface area (Å²) >= 11 is 5.83. The quantitative estimate of drug-likeness (QED) is 0.778. The number of likely N-dealkylation sites (tertiary alicyclic amines) is 1. The van der Waals surface area contributed by atoms with Crippen molar-refractivity contribution in [1.29, 1.82) is 0 Å². The van der Waals surface area contributed by atoms with Crippen LogP contribution in [0.1, 0.15) is 43.5 Å². The molecule has 1 atom stereocenters. The molecule has 3 rings (SSSR count). The van der Waals surface area contributed by atoms with Crippen molar-refractivity contribution >= 4 is 23.4 Å². The summed E-state index contributed by atoms with van der Waals surface area (Å²) in [5.41, 5.74) is 0.374. The third-order valence-corrected chi connectivity index (χ3v) is 5.76. The first kappa shape index (κ1) is 20.1. The van der Waals surface area contributed by atoms with E-state index in [1.807, 2.05) is 0 Å². The van der Waals surface area contributed by atoms with E-state index in [0.717, 1.165) is 32.4 Å². The first-order chi connectivity index (χ1) is 12.8. The van der Waals surface area contributed by atoms with Gasteiger partial charge in [0, 0.05) is 23.2 Å². The Morgan fingerprint density at radius 1 is 1.30 bits per heavy atom. The molecule has 0 radical (unpaired) electrons. The molecule has 0 bridgehead atoms. The van der Waals surface area contributed by atoms with Crippen LogP contribution in [-0.2, 0) is 4.79 Å². The molecule has 1 saturated carbocycles. The molecule has 1 aromatic carbocycles. The molecule has 2 amide bonds. The molecular weight excluding hydrogens is 369 g/mol. The topological polar surface area (TPSA) is 61.4 Å². The maximum Gasteiger partial charge on any atom is 0.251 e. The Balaban J connectivity index is 1.45. The fourth-order valence-corrected chi connectivity index (χ4v) is 3.99. The Kier molecular flexibility index (Phi) is 6.06. The van der Waals surface area contributed by atoms with Crippen molar-refractivity contribution in [2.24, 2.45) is 11.3 Å². The van der Waals surface area contributed by atoms with Crippen LogP contribution in [0.15, 0.2) is 18.2 Å². The lowest BCUT2D eigenvalue weighted by atomic mass is 9.92. The molecule has 1 saturated heterocycles. The molecule has 1 aliphatic carbocycles. The largest absolute Gasteiger partial charge is 0.355 e. The number of amides is 2. The van der Waals surface area contributed by atoms with Gasteiger partial charge in [0.2, 0.25) is 5.91 Å². The van der Waals surface area contributed by atoms with E-state index in [9.17, 15) is 14.0 Å². The monoisotopic (exact) mass is 395 g/mol. The number of hydrogen-bond donors (Lipinski definition) is 2. The van der Waals surface area contributed by atoms with Crippen molar-refractivity contribution in [3.8, 4) is 0 Å². The van der Waals surface area contributed by atoms with Crippen LogP contribution in [0.25, 0.3) is 0 Å². The van der Waals surface area contributed by atoms with Crippen LogP contribution in [0.4, 0.5) is 4.39 Å². The Labute approximate surface area is 164 Å². The number of halogens is 2. The average Bonchev–Trinajstić information content (AvgIpc) is 3.26. The summed E-state index contributed by atoms with van der Waals surface area (Å²) in [7, 11) is 0. The van der Waals surface area contributed by atoms with E-state index < -0.39 is 5.82 Å². The molecule has 1 spiro atoms. The minimum Gasteiger partial charge on any atom is -0.355 e. The SMILES string of the molecule is CC(C)CNC(=O)CN1CCC2(CC1)CC2NC(=O)c1cc(F)cc(Cl)c1. The van der Waals surface area contributed by atoms with Crippen LogP contribution in [0.3, 0.4) is 0 Å². The number of hydrogen-bond acceptors (Lipinski definition) is 3. The second kappa shape index (κ2) is 8.15. The number of piperidine rings is 1. The molecule has 0 aromatic heterocycles. The Morgan fingerprint density at radius 3 is 2.63 bits per heavy atom. The van der Waals surface area contributed by atoms with Gasteiger partial charge in [-0.1, -0.05) is 25.4 Å². The Hall–Kier alpha value is -1.66. The standard InChI is InChI=1S/C20H27ClFN3O2/c1-13(2)11-23-18(26)12-25-5-3-20(4-6-25)10-17(20)24-19(27)14-7-15(21)9-16(22)8-14/h7-9,13,17H,3-6,10-12H2,1-2H3,(H,23,26)(H,24,27). The Bertz CT molecular complexity index is 697. The molecule has 1 aromatic rings. The summed E-state index contributed by atoms with van der Waals surface area (Å²) in [5, 5.41) is 6.18. The number of carbonyl (C=O) groups is 2. The second-order valence-electron chi connectivity index (χ2n) is 8.22. The molecule has 148 valence electrons. The molecule has 27 heavy (non-hydrogen) atoms. The maximum atomic E-state index is 13.4. The van der Waals surface area contributed by atoms with Gasteiger partial charge >= 0.3 is 0 Å². The van der Waals surface area contributed by atoms with Gasteiger partial charge in [0.1, 0.15) is 5.82 Å². The smallest absolute Gasteiger partial charge is 0.251 e. The lowest BCUT2D eigenvalue weighted by Gasteiger charge is -2.32. The summed E-state index contributed by atoms with van der Waals surface area (Å²) in [4.78, 5) is 26.5. The van der Waals surface area contributed by atoms with Gasteiger partial charge in [-0.3, -0.25) is 14.5 Å². The average molecular weight is 396 g/mol. The van der Waals surface area contributed by atoms with Gasteiger partial charge in [-0.2, -0.15) is 0 Å². The number of nitrogens with zero attached hydrogens (tertiary/aromatic N) is 1. The molecule has 1 heterocycles. The summed E-state index contributed by atoms with van der Waals surface area (Å²) in [6.45, 7) is 6.99. The number of nitrogens with one attached hydrogen (secondary N) is 2. The summed E-state index contributed by atoms with van der Waals surface area (Å²) in [5.74, 6) is -0.276. The third-order valence-electron chi connectivity index (χ3n) is 5.55. The predicted molar refractivity (Wildman–Crippen MR) is 103 cm³/mol. The lowest BCUT2D eigenvalue weighted by molar-refractivity contribution is -0.122. The molecule has 2 aliphatic rings. The van der Waals surface area contributed by atoms with Crippen molar-refractivity contribution in [1.82, 2.24) is 15.5 Å². The molecule has 1 unspecified atom stereocenters. The number of benzene rings is 1. The molecule has 7 heteroatoms. The van der Waals surface area contributed by atoms with Gasteiger partial charge in [0.05, 0.1) is 6.54 Å². The van der Waals surface area contributed by atoms with E-state index in [1.165, 1.54) is 18.2 Å². The van der Waals surface area contributed by atoms with Gasteiger partial charge in [0.15, 0.2) is 0 Å². The van der Waals surface area contributed by atoms with Crippen LogP contribution in [0.2, 0.25) is 5.02 Å². The molecule has 2 fully saturated rings. The first-order valence-electron chi connectivity index (χ1n) is 9.53. The third kappa shape index (κ3) is 5.20. The Morgan fingerprint density at radius 2 is 2.00 bits per heavy atom. The zero-order valence-electron chi connectivity index (χ0n) is 15.9. The summed E-state index contributed by atoms with van der Waals surface area (Å²) < 4.78 is 13.4. The van der Waals surface area contributed by atoms with Gasteiger partial charge in [-0.05, 0) is 61.9 Å². The van der Waals surface area contributed by atoms with Crippen LogP contribution in [0.5, 0.6) is 0 Å². The summed E-state index contributed by atoms with van der Waals surface area (Å²) in [6, 6.07) is 3.98. The van der Waals surface area contributed by atoms with Crippen molar-refractivity contribution < 1.29 is 14.0 Å². The highest BCUT2D eigenvalue weighted by Crippen LogP contribution is 2.53. The highest BCUT2D eigenvalue weighted by atomic mass is 35.5. The van der Waals surface area contributed by atoms with Crippen LogP contribution >= 0.6 is 11.6 Å². The van der Waals surface area contributed by atoms with Crippen LogP contribution < -0.4 is 10.6 Å². The predicted octanol–water partition coefficient (Wildman–Crippen LogP) is 2.84. The van der Waals surface area contributed by atoms with Crippen LogP contribution in [-0.4, -0.2) is 48.9 Å². The zero-order chi connectivity index (χ0) is 19.6. The molecular formula is C20H27ClFN3O2. The second-order valence-corrected chi connectivity index (χ2v) is 8.66. The highest BCUT2D eigenvalue weighted by Gasteiger charge is 2.55. The zero-order valence-corrected chi connectivity index (χ0v) is 16.6. The van der Waals surface area contributed by atoms with Gasteiger partial charge in [0.25, 0.3) is 5.91 Å². The fraction of sp³-hybridized carbons (Fsp3) is 0.600. The highest BCUT2D eigenvalue weighted by molar-refractivity contribution is 6.31. The molecule has 2 N–H and O–H groups in total. The van der Waals surface area contributed by atoms with E-state index >= 15 is 0 Å². The first-order valence-corrected chi connectivity index (χ1v) is 9.91. The maximum absolute atomic E-state index is 13.4. The molecule has 5 nitrogen and oxygen atoms in total. The molecule has 1 aliphatic heterocycles. The summed E-state index contributed by atoms with van der Waals surface area (Å²) in [6.07, 6.45) is 2.85. The number of rotatable bonds is 6. The fourth-order valence-electron chi connectivity index (χ4n) is 3.76. The van der Waals surface area contributed by atoms with Crippen molar-refractivity contribution in [3.05, 3.63) is 34.6 Å². The van der Waals surface area contributed by atoms with Crippen molar-refractivity contribution in [2.45, 2.75) is 39.2 Å². The van der Waals surface area contributed by atoms with E-state index in [1.54, 1.807) is 0 Å². The minimum absolute atomic E-state index is 0.0725. The minimum atomic E-state index is -0.512. The van der Waals surface area contributed by atoms with E-state index in [0.29, 0.717) is 19.0 Å². The number of carbonyl (C=O) groups excluding carboxylic acids is 2. The van der Waals surface area contributed by atoms with Crippen molar-refractivity contribution in [3.63, 3.8) is 0 Å². The normalized spacial score (nSPS) is 21.3. The van der Waals surface area contributed by atoms with E-state index in [4.69, 9.17) is 11.6 Å². The van der Waals surface area contributed by atoms with E-state index in [2.05, 4.69) is 29.4 Å². The van der Waals surface area contributed by atoms with Crippen molar-refractivity contribution in [2.75, 3.05) is 26.2 Å². The van der Waals surface area contributed by atoms with Gasteiger partial charge in [-0.25, -0.2) is 4.39 Å². The van der Waals surface area contributed by atoms with Gasteiger partial charge < -0.3 is 10.6 Å².